The van der Waals surface area contributed by atoms with Crippen molar-refractivity contribution in [3.8, 4) is 11.5 Å². The summed E-state index contributed by atoms with van der Waals surface area (Å²) in [4.78, 5) is 12.7. The van der Waals surface area contributed by atoms with Gasteiger partial charge in [-0.15, -0.1) is 0 Å². The molecule has 0 spiro atoms. The van der Waals surface area contributed by atoms with Gasteiger partial charge in [0.1, 0.15) is 12.7 Å². The lowest BCUT2D eigenvalue weighted by Crippen LogP contribution is -2.17. The molecule has 2 saturated carbocycles. The van der Waals surface area contributed by atoms with Gasteiger partial charge in [0.05, 0.1) is 17.4 Å². The second-order valence-corrected chi connectivity index (χ2v) is 8.00. The van der Waals surface area contributed by atoms with Crippen LogP contribution in [0.2, 0.25) is 0 Å². The molecule has 0 aliphatic heterocycles. The average molecular weight is 395 g/mol. The molecular formula is C24H29NO4. The number of hydrogen-bond acceptors (Lipinski definition) is 5. The van der Waals surface area contributed by atoms with E-state index < -0.39 is 0 Å². The Balaban J connectivity index is 1.55. The third-order valence-corrected chi connectivity index (χ3v) is 5.74. The van der Waals surface area contributed by atoms with Crippen molar-refractivity contribution in [3.05, 3.63) is 53.6 Å². The number of benzene rings is 2. The number of ether oxygens (including phenoxy) is 3. The van der Waals surface area contributed by atoms with E-state index in [1.165, 1.54) is 12.8 Å². The molecule has 0 atom stereocenters. The quantitative estimate of drug-likeness (QED) is 0.511. The van der Waals surface area contributed by atoms with Crippen molar-refractivity contribution < 1.29 is 19.0 Å². The summed E-state index contributed by atoms with van der Waals surface area (Å²) in [6.45, 7) is 0.392. The maximum absolute atomic E-state index is 12.7. The van der Waals surface area contributed by atoms with E-state index in [1.807, 2.05) is 30.3 Å². The molecule has 0 saturated heterocycles. The van der Waals surface area contributed by atoms with Crippen LogP contribution in [-0.2, 0) is 11.3 Å². The highest BCUT2D eigenvalue weighted by Crippen LogP contribution is 2.36. The monoisotopic (exact) mass is 395 g/mol. The van der Waals surface area contributed by atoms with Crippen molar-refractivity contribution in [1.82, 2.24) is 0 Å². The molecule has 29 heavy (non-hydrogen) atoms. The lowest BCUT2D eigenvalue weighted by atomic mass is 10.1. The Kier molecular flexibility index (Phi) is 6.23. The Morgan fingerprint density at radius 1 is 0.897 bits per heavy atom. The predicted octanol–water partition coefficient (Wildman–Crippen LogP) is 5.27. The first kappa shape index (κ1) is 19.6. The number of carbonyl (C=O) groups is 1. The summed E-state index contributed by atoms with van der Waals surface area (Å²) in [6.07, 6.45) is 8.62. The average Bonchev–Trinajstić information content (AvgIpc) is 3.42. The molecule has 0 bridgehead atoms. The third-order valence-electron chi connectivity index (χ3n) is 5.74. The fraction of sp³-hybridized carbons (Fsp3) is 0.458. The van der Waals surface area contributed by atoms with Gasteiger partial charge in [0.15, 0.2) is 11.5 Å². The Hall–Kier alpha value is -2.69. The second-order valence-electron chi connectivity index (χ2n) is 8.00. The number of esters is 1. The molecule has 154 valence electrons. The maximum Gasteiger partial charge on any atom is 0.340 e. The van der Waals surface area contributed by atoms with E-state index in [2.05, 4.69) is 0 Å². The van der Waals surface area contributed by atoms with Gasteiger partial charge in [-0.25, -0.2) is 4.79 Å². The summed E-state index contributed by atoms with van der Waals surface area (Å²) in [5.41, 5.74) is 7.97. The van der Waals surface area contributed by atoms with Crippen LogP contribution in [0.25, 0.3) is 0 Å². The van der Waals surface area contributed by atoms with Gasteiger partial charge < -0.3 is 19.9 Å². The summed E-state index contributed by atoms with van der Waals surface area (Å²) in [5.74, 6) is 0.752. The van der Waals surface area contributed by atoms with Gasteiger partial charge in [-0.3, -0.25) is 0 Å². The molecule has 2 aliphatic rings. The molecule has 2 aromatic rings. The number of rotatable bonds is 7. The van der Waals surface area contributed by atoms with E-state index in [0.29, 0.717) is 29.4 Å². The zero-order valence-electron chi connectivity index (χ0n) is 16.8. The summed E-state index contributed by atoms with van der Waals surface area (Å²) in [5, 5.41) is 0. The molecular weight excluding hydrogens is 366 g/mol. The highest BCUT2D eigenvalue weighted by molar-refractivity contribution is 5.96. The highest BCUT2D eigenvalue weighted by atomic mass is 16.5. The van der Waals surface area contributed by atoms with Gasteiger partial charge in [-0.05, 0) is 56.9 Å². The molecule has 2 fully saturated rings. The molecule has 5 nitrogen and oxygen atoms in total. The van der Waals surface area contributed by atoms with Crippen LogP contribution in [0, 0.1) is 0 Å². The number of hydrogen-bond donors (Lipinski definition) is 1. The molecule has 2 aliphatic carbocycles. The topological polar surface area (TPSA) is 70.8 Å². The lowest BCUT2D eigenvalue weighted by molar-refractivity contribution is 0.0318. The molecule has 0 amide bonds. The molecule has 2 N–H and O–H groups in total. The van der Waals surface area contributed by atoms with E-state index in [-0.39, 0.29) is 18.2 Å². The summed E-state index contributed by atoms with van der Waals surface area (Å²) >= 11 is 0. The third kappa shape index (κ3) is 5.03. The highest BCUT2D eigenvalue weighted by Gasteiger charge is 2.25. The van der Waals surface area contributed by atoms with E-state index in [0.717, 1.165) is 44.1 Å². The van der Waals surface area contributed by atoms with Crippen molar-refractivity contribution in [2.24, 2.45) is 0 Å². The van der Waals surface area contributed by atoms with Gasteiger partial charge in [0.2, 0.25) is 0 Å². The van der Waals surface area contributed by atoms with Crippen molar-refractivity contribution in [2.75, 3.05) is 5.73 Å². The van der Waals surface area contributed by atoms with Crippen LogP contribution in [0.3, 0.4) is 0 Å². The normalized spacial score (nSPS) is 17.4. The van der Waals surface area contributed by atoms with Crippen molar-refractivity contribution >= 4 is 11.7 Å². The number of carbonyl (C=O) groups excluding carboxylic acids is 1. The van der Waals surface area contributed by atoms with Gasteiger partial charge in [-0.1, -0.05) is 30.3 Å². The maximum atomic E-state index is 12.7. The molecule has 0 aromatic heterocycles. The zero-order chi connectivity index (χ0) is 20.1. The predicted molar refractivity (Wildman–Crippen MR) is 112 cm³/mol. The van der Waals surface area contributed by atoms with Crippen molar-refractivity contribution in [2.45, 2.75) is 70.2 Å². The van der Waals surface area contributed by atoms with Gasteiger partial charge in [0, 0.05) is 12.1 Å². The number of anilines is 1. The van der Waals surface area contributed by atoms with Crippen molar-refractivity contribution in [3.63, 3.8) is 0 Å². The molecule has 0 unspecified atom stereocenters. The van der Waals surface area contributed by atoms with E-state index >= 15 is 0 Å². The van der Waals surface area contributed by atoms with Gasteiger partial charge >= 0.3 is 5.97 Å². The fourth-order valence-electron chi connectivity index (χ4n) is 4.10. The van der Waals surface area contributed by atoms with Crippen LogP contribution in [0.5, 0.6) is 11.5 Å². The number of nitrogen functional groups attached to an aromatic ring is 1. The molecule has 0 radical (unpaired) electrons. The summed E-state index contributed by atoms with van der Waals surface area (Å²) in [7, 11) is 0. The first-order chi connectivity index (χ1) is 14.2. The van der Waals surface area contributed by atoms with E-state index in [4.69, 9.17) is 19.9 Å². The molecule has 0 heterocycles. The standard InChI is InChI=1S/C24H29NO4/c25-21-15-23(28-18-10-4-5-11-18)22(27-16-17-8-2-1-3-9-17)14-20(21)24(26)29-19-12-6-7-13-19/h1-3,8-9,14-15,18-19H,4-7,10-13,16,25H2. The summed E-state index contributed by atoms with van der Waals surface area (Å²) in [6, 6.07) is 13.3. The fourth-order valence-corrected chi connectivity index (χ4v) is 4.10. The van der Waals surface area contributed by atoms with Crippen LogP contribution < -0.4 is 15.2 Å². The molecule has 4 rings (SSSR count). The second kappa shape index (κ2) is 9.21. The Morgan fingerprint density at radius 3 is 2.24 bits per heavy atom. The zero-order valence-corrected chi connectivity index (χ0v) is 16.8. The van der Waals surface area contributed by atoms with Crippen molar-refractivity contribution in [1.29, 1.82) is 0 Å². The minimum absolute atomic E-state index is 0.00926. The molecule has 5 heteroatoms. The van der Waals surface area contributed by atoms with E-state index in [9.17, 15) is 4.79 Å². The van der Waals surface area contributed by atoms with Crippen LogP contribution in [0.15, 0.2) is 42.5 Å². The van der Waals surface area contributed by atoms with Crippen LogP contribution in [0.1, 0.15) is 67.3 Å². The van der Waals surface area contributed by atoms with E-state index in [1.54, 1.807) is 12.1 Å². The van der Waals surface area contributed by atoms with Gasteiger partial charge in [0.25, 0.3) is 0 Å². The molecule has 2 aromatic carbocycles. The van der Waals surface area contributed by atoms with Crippen LogP contribution in [0.4, 0.5) is 5.69 Å². The minimum atomic E-state index is -0.383. The van der Waals surface area contributed by atoms with Crippen LogP contribution in [-0.4, -0.2) is 18.2 Å². The summed E-state index contributed by atoms with van der Waals surface area (Å²) < 4.78 is 17.9. The first-order valence-corrected chi connectivity index (χ1v) is 10.7. The SMILES string of the molecule is Nc1cc(OC2CCCC2)c(OCc2ccccc2)cc1C(=O)OC1CCCC1. The Morgan fingerprint density at radius 2 is 1.55 bits per heavy atom. The Bertz CT molecular complexity index is 824. The lowest BCUT2D eigenvalue weighted by Gasteiger charge is -2.19. The van der Waals surface area contributed by atoms with Crippen LogP contribution >= 0.6 is 0 Å². The number of nitrogens with two attached hydrogens (primary N) is 1. The minimum Gasteiger partial charge on any atom is -0.486 e. The largest absolute Gasteiger partial charge is 0.486 e. The first-order valence-electron chi connectivity index (χ1n) is 10.7. The van der Waals surface area contributed by atoms with Gasteiger partial charge in [-0.2, -0.15) is 0 Å². The Labute approximate surface area is 172 Å². The smallest absolute Gasteiger partial charge is 0.340 e.